The Morgan fingerprint density at radius 3 is 2.69 bits per heavy atom. The Kier molecular flexibility index (Phi) is 8.60. The Morgan fingerprint density at radius 1 is 1.28 bits per heavy atom. The summed E-state index contributed by atoms with van der Waals surface area (Å²) in [6.07, 6.45) is 1.13. The number of benzene rings is 1. The molecule has 1 atom stereocenters. The fourth-order valence-corrected chi connectivity index (χ4v) is 3.16. The van der Waals surface area contributed by atoms with E-state index >= 15 is 0 Å². The lowest BCUT2D eigenvalue weighted by Crippen LogP contribution is -2.36. The summed E-state index contributed by atoms with van der Waals surface area (Å²) in [7, 11) is 1.74. The van der Waals surface area contributed by atoms with Crippen LogP contribution < -0.4 is 20.1 Å². The van der Waals surface area contributed by atoms with Crippen molar-refractivity contribution in [2.75, 3.05) is 13.7 Å². The molecular weight excluding hydrogens is 483 g/mol. The molecule has 2 N–H and O–H groups in total. The minimum atomic E-state index is 0. The number of nitrogens with zero attached hydrogens (tertiary/aromatic N) is 2. The molecule has 7 nitrogen and oxygen atoms in total. The predicted molar refractivity (Wildman–Crippen MR) is 124 cm³/mol. The standard InChI is InChI=1S/C21H30N4O3.HI/c1-6-26-19-8-15-7-14(4)27-20(15)9-16(19)11-23-21(22-5)24-12-17-10-18(13(2)3)25-28-17;/h8-10,13-14H,6-7,11-12H2,1-5H3,(H2,22,23,24);1H. The van der Waals surface area contributed by atoms with Crippen LogP contribution in [0.25, 0.3) is 0 Å². The summed E-state index contributed by atoms with van der Waals surface area (Å²) in [5, 5.41) is 10.7. The molecule has 0 saturated heterocycles. The van der Waals surface area contributed by atoms with Gasteiger partial charge in [-0.2, -0.15) is 0 Å². The van der Waals surface area contributed by atoms with Crippen molar-refractivity contribution in [1.82, 2.24) is 15.8 Å². The highest BCUT2D eigenvalue weighted by Gasteiger charge is 2.22. The number of aliphatic imine (C=N–C) groups is 1. The zero-order valence-electron chi connectivity index (χ0n) is 17.7. The van der Waals surface area contributed by atoms with Gasteiger partial charge in [0.25, 0.3) is 0 Å². The summed E-state index contributed by atoms with van der Waals surface area (Å²) in [5.74, 6) is 3.63. The molecular formula is C21H31IN4O3. The lowest BCUT2D eigenvalue weighted by molar-refractivity contribution is 0.254. The summed E-state index contributed by atoms with van der Waals surface area (Å²) in [5.41, 5.74) is 3.20. The van der Waals surface area contributed by atoms with Crippen molar-refractivity contribution >= 4 is 29.9 Å². The van der Waals surface area contributed by atoms with E-state index in [4.69, 9.17) is 14.0 Å². The van der Waals surface area contributed by atoms with Gasteiger partial charge in [0, 0.05) is 37.2 Å². The number of ether oxygens (including phenoxy) is 2. The minimum Gasteiger partial charge on any atom is -0.494 e. The van der Waals surface area contributed by atoms with Crippen LogP contribution in [0.1, 0.15) is 56.2 Å². The first-order valence-electron chi connectivity index (χ1n) is 9.85. The van der Waals surface area contributed by atoms with Gasteiger partial charge >= 0.3 is 0 Å². The van der Waals surface area contributed by atoms with Crippen molar-refractivity contribution in [2.24, 2.45) is 4.99 Å². The second-order valence-electron chi connectivity index (χ2n) is 7.29. The molecule has 160 valence electrons. The molecule has 1 aliphatic rings. The number of aromatic nitrogens is 1. The van der Waals surface area contributed by atoms with Gasteiger partial charge in [-0.05, 0) is 31.9 Å². The Balaban J connectivity index is 0.00000300. The molecule has 0 amide bonds. The molecule has 1 unspecified atom stereocenters. The van der Waals surface area contributed by atoms with Crippen LogP contribution in [0.2, 0.25) is 0 Å². The molecule has 2 heterocycles. The third-order valence-electron chi connectivity index (χ3n) is 4.65. The molecule has 0 bridgehead atoms. The Bertz CT molecular complexity index is 835. The van der Waals surface area contributed by atoms with Crippen molar-refractivity contribution in [3.05, 3.63) is 40.8 Å². The van der Waals surface area contributed by atoms with E-state index in [-0.39, 0.29) is 30.1 Å². The van der Waals surface area contributed by atoms with Crippen molar-refractivity contribution in [3.8, 4) is 11.5 Å². The van der Waals surface area contributed by atoms with E-state index in [0.29, 0.717) is 31.6 Å². The lowest BCUT2D eigenvalue weighted by atomic mass is 10.1. The number of hydrogen-bond donors (Lipinski definition) is 2. The summed E-state index contributed by atoms with van der Waals surface area (Å²) in [4.78, 5) is 4.28. The van der Waals surface area contributed by atoms with E-state index in [0.717, 1.165) is 34.9 Å². The van der Waals surface area contributed by atoms with Crippen molar-refractivity contribution in [3.63, 3.8) is 0 Å². The van der Waals surface area contributed by atoms with Crippen LogP contribution in [0, 0.1) is 0 Å². The first kappa shape index (κ1) is 23.3. The van der Waals surface area contributed by atoms with Crippen LogP contribution in [-0.2, 0) is 19.5 Å². The molecule has 1 aromatic carbocycles. The van der Waals surface area contributed by atoms with Gasteiger partial charge in [0.15, 0.2) is 11.7 Å². The topological polar surface area (TPSA) is 80.9 Å². The normalized spacial score (nSPS) is 15.5. The molecule has 0 saturated carbocycles. The fraction of sp³-hybridized carbons (Fsp3) is 0.524. The maximum Gasteiger partial charge on any atom is 0.191 e. The van der Waals surface area contributed by atoms with Crippen LogP contribution in [0.3, 0.4) is 0 Å². The second kappa shape index (κ2) is 10.7. The van der Waals surface area contributed by atoms with Crippen molar-refractivity contribution in [1.29, 1.82) is 0 Å². The third kappa shape index (κ3) is 6.01. The first-order chi connectivity index (χ1) is 13.5. The van der Waals surface area contributed by atoms with Crippen LogP contribution in [0.15, 0.2) is 27.7 Å². The van der Waals surface area contributed by atoms with Crippen LogP contribution in [0.5, 0.6) is 11.5 Å². The zero-order chi connectivity index (χ0) is 20.1. The van der Waals surface area contributed by atoms with E-state index in [1.165, 1.54) is 5.56 Å². The third-order valence-corrected chi connectivity index (χ3v) is 4.65. The number of hydrogen-bond acceptors (Lipinski definition) is 5. The lowest BCUT2D eigenvalue weighted by Gasteiger charge is -2.15. The smallest absolute Gasteiger partial charge is 0.191 e. The molecule has 8 heteroatoms. The average Bonchev–Trinajstić information content (AvgIpc) is 3.27. The molecule has 3 rings (SSSR count). The van der Waals surface area contributed by atoms with E-state index in [1.54, 1.807) is 7.05 Å². The van der Waals surface area contributed by atoms with Gasteiger partial charge in [-0.25, -0.2) is 0 Å². The Morgan fingerprint density at radius 2 is 2.03 bits per heavy atom. The molecule has 0 radical (unpaired) electrons. The number of fused-ring (bicyclic) bond motifs is 1. The van der Waals surface area contributed by atoms with Gasteiger partial charge in [-0.3, -0.25) is 4.99 Å². The van der Waals surface area contributed by atoms with Crippen molar-refractivity contribution < 1.29 is 14.0 Å². The van der Waals surface area contributed by atoms with Gasteiger partial charge in [0.2, 0.25) is 0 Å². The first-order valence-corrected chi connectivity index (χ1v) is 9.85. The predicted octanol–water partition coefficient (Wildman–Crippen LogP) is 4.00. The van der Waals surface area contributed by atoms with E-state index < -0.39 is 0 Å². The maximum absolute atomic E-state index is 5.89. The molecule has 2 aromatic rings. The van der Waals surface area contributed by atoms with Gasteiger partial charge in [0.05, 0.1) is 18.8 Å². The SMILES string of the molecule is CCOc1cc2c(cc1CNC(=NC)NCc1cc(C(C)C)no1)OC(C)C2.I. The second-order valence-corrected chi connectivity index (χ2v) is 7.29. The molecule has 1 aliphatic heterocycles. The average molecular weight is 514 g/mol. The van der Waals surface area contributed by atoms with Crippen molar-refractivity contribution in [2.45, 2.75) is 59.2 Å². The molecule has 0 aliphatic carbocycles. The highest BCUT2D eigenvalue weighted by atomic mass is 127. The summed E-state index contributed by atoms with van der Waals surface area (Å²) in [6.45, 7) is 9.97. The molecule has 1 aromatic heterocycles. The Hall–Kier alpha value is -1.97. The van der Waals surface area contributed by atoms with Gasteiger partial charge in [-0.15, -0.1) is 24.0 Å². The number of rotatable bonds is 7. The highest BCUT2D eigenvalue weighted by Crippen LogP contribution is 2.35. The number of nitrogens with one attached hydrogen (secondary N) is 2. The van der Waals surface area contributed by atoms with E-state index in [9.17, 15) is 0 Å². The summed E-state index contributed by atoms with van der Waals surface area (Å²) >= 11 is 0. The van der Waals surface area contributed by atoms with E-state index in [2.05, 4.69) is 53.7 Å². The Labute approximate surface area is 189 Å². The number of halogens is 1. The molecule has 29 heavy (non-hydrogen) atoms. The van der Waals surface area contributed by atoms with Crippen LogP contribution in [0.4, 0.5) is 0 Å². The fourth-order valence-electron chi connectivity index (χ4n) is 3.16. The van der Waals surface area contributed by atoms with E-state index in [1.807, 2.05) is 13.0 Å². The molecule has 0 fully saturated rings. The van der Waals surface area contributed by atoms with Gasteiger partial charge in [-0.1, -0.05) is 19.0 Å². The van der Waals surface area contributed by atoms with Gasteiger partial charge in [0.1, 0.15) is 17.6 Å². The highest BCUT2D eigenvalue weighted by molar-refractivity contribution is 14.0. The minimum absolute atomic E-state index is 0. The van der Waals surface area contributed by atoms with Crippen LogP contribution >= 0.6 is 24.0 Å². The van der Waals surface area contributed by atoms with Crippen LogP contribution in [-0.4, -0.2) is 30.9 Å². The maximum atomic E-state index is 5.89. The monoisotopic (exact) mass is 514 g/mol. The summed E-state index contributed by atoms with van der Waals surface area (Å²) < 4.78 is 17.1. The van der Waals surface area contributed by atoms with Gasteiger partial charge < -0.3 is 24.6 Å². The zero-order valence-corrected chi connectivity index (χ0v) is 20.1. The summed E-state index contributed by atoms with van der Waals surface area (Å²) in [6, 6.07) is 6.13. The molecule has 0 spiro atoms. The quantitative estimate of drug-likeness (QED) is 0.330. The largest absolute Gasteiger partial charge is 0.494 e. The number of guanidine groups is 1.